The molecule has 1 aromatic rings. The molecule has 1 heterocycles. The zero-order chi connectivity index (χ0) is 14.8. The maximum absolute atomic E-state index is 12.5. The number of rotatable bonds is 3. The van der Waals surface area contributed by atoms with Crippen LogP contribution < -0.4 is 10.0 Å². The Bertz CT molecular complexity index is 634. The number of nitriles is 1. The molecule has 1 saturated heterocycles. The normalized spacial score (nSPS) is 23.2. The van der Waals surface area contributed by atoms with Gasteiger partial charge in [0.15, 0.2) is 0 Å². The van der Waals surface area contributed by atoms with Crippen LogP contribution in [0.2, 0.25) is 0 Å². The Morgan fingerprint density at radius 2 is 2.20 bits per heavy atom. The topological polar surface area (TPSA) is 82.0 Å². The number of piperidine rings is 1. The Labute approximate surface area is 120 Å². The Hall–Kier alpha value is -1.42. The average Bonchev–Trinajstić information content (AvgIpc) is 2.41. The molecule has 2 atom stereocenters. The second kappa shape index (κ2) is 5.92. The first-order valence-corrected chi connectivity index (χ1v) is 8.16. The Morgan fingerprint density at radius 3 is 2.85 bits per heavy atom. The molecule has 0 bridgehead atoms. The summed E-state index contributed by atoms with van der Waals surface area (Å²) in [6.45, 7) is 5.34. The number of nitrogens with zero attached hydrogens (tertiary/aromatic N) is 1. The van der Waals surface area contributed by atoms with E-state index in [1.807, 2.05) is 13.0 Å². The molecule has 0 aromatic heterocycles. The van der Waals surface area contributed by atoms with Crippen molar-refractivity contribution in [2.45, 2.75) is 31.2 Å². The fourth-order valence-corrected chi connectivity index (χ4v) is 3.98. The maximum atomic E-state index is 12.5. The lowest BCUT2D eigenvalue weighted by Crippen LogP contribution is -2.50. The third kappa shape index (κ3) is 3.18. The highest BCUT2D eigenvalue weighted by Gasteiger charge is 2.27. The van der Waals surface area contributed by atoms with Gasteiger partial charge in [-0.15, -0.1) is 0 Å². The summed E-state index contributed by atoms with van der Waals surface area (Å²) < 4.78 is 27.7. The van der Waals surface area contributed by atoms with Crippen molar-refractivity contribution in [3.05, 3.63) is 29.3 Å². The number of nitrogens with one attached hydrogen (secondary N) is 2. The Morgan fingerprint density at radius 1 is 1.45 bits per heavy atom. The molecule has 5 nitrogen and oxygen atoms in total. The second-order valence-corrected chi connectivity index (χ2v) is 6.97. The molecule has 1 fully saturated rings. The van der Waals surface area contributed by atoms with Gasteiger partial charge < -0.3 is 5.32 Å². The molecule has 20 heavy (non-hydrogen) atoms. The van der Waals surface area contributed by atoms with E-state index in [0.717, 1.165) is 13.0 Å². The van der Waals surface area contributed by atoms with Crippen molar-refractivity contribution >= 4 is 10.0 Å². The molecule has 2 unspecified atom stereocenters. The van der Waals surface area contributed by atoms with Crippen LogP contribution in [-0.2, 0) is 10.0 Å². The van der Waals surface area contributed by atoms with Crippen molar-refractivity contribution < 1.29 is 8.42 Å². The summed E-state index contributed by atoms with van der Waals surface area (Å²) >= 11 is 0. The van der Waals surface area contributed by atoms with Gasteiger partial charge in [0, 0.05) is 12.6 Å². The van der Waals surface area contributed by atoms with Gasteiger partial charge in [0.05, 0.1) is 16.5 Å². The molecule has 2 rings (SSSR count). The highest BCUT2D eigenvalue weighted by molar-refractivity contribution is 7.89. The van der Waals surface area contributed by atoms with Gasteiger partial charge in [0.2, 0.25) is 10.0 Å². The minimum atomic E-state index is -3.60. The first-order valence-electron chi connectivity index (χ1n) is 6.68. The highest BCUT2D eigenvalue weighted by atomic mass is 32.2. The third-order valence-corrected chi connectivity index (χ3v) is 5.37. The van der Waals surface area contributed by atoms with E-state index >= 15 is 0 Å². The van der Waals surface area contributed by atoms with Crippen LogP contribution in [0.1, 0.15) is 24.5 Å². The molecule has 2 N–H and O–H groups in total. The lowest BCUT2D eigenvalue weighted by molar-refractivity contribution is 0.327. The summed E-state index contributed by atoms with van der Waals surface area (Å²) in [5.74, 6) is 0.297. The van der Waals surface area contributed by atoms with Crippen molar-refractivity contribution in [1.82, 2.24) is 10.0 Å². The Balaban J connectivity index is 2.28. The van der Waals surface area contributed by atoms with E-state index in [4.69, 9.17) is 5.26 Å². The number of sulfonamides is 1. The number of hydrogen-bond donors (Lipinski definition) is 2. The van der Waals surface area contributed by atoms with Crippen molar-refractivity contribution in [2.75, 3.05) is 13.1 Å². The van der Waals surface area contributed by atoms with Crippen LogP contribution in [0, 0.1) is 24.2 Å². The van der Waals surface area contributed by atoms with Gasteiger partial charge in [-0.25, -0.2) is 13.1 Å². The van der Waals surface area contributed by atoms with E-state index in [1.165, 1.54) is 6.07 Å². The quantitative estimate of drug-likeness (QED) is 0.875. The summed E-state index contributed by atoms with van der Waals surface area (Å²) in [6, 6.07) is 6.58. The summed E-state index contributed by atoms with van der Waals surface area (Å²) in [5.41, 5.74) is 0.999. The standard InChI is InChI=1S/C14H19N3O2S/c1-10-5-6-16-9-13(10)17-20(18,19)14-7-12(8-15)4-3-11(14)2/h3-4,7,10,13,16-17H,5-6,9H2,1-2H3. The second-order valence-electron chi connectivity index (χ2n) is 5.29. The monoisotopic (exact) mass is 293 g/mol. The van der Waals surface area contributed by atoms with Gasteiger partial charge in [0.1, 0.15) is 0 Å². The Kier molecular flexibility index (Phi) is 4.43. The third-order valence-electron chi connectivity index (χ3n) is 3.74. The van der Waals surface area contributed by atoms with Gasteiger partial charge in [-0.1, -0.05) is 13.0 Å². The molecule has 6 heteroatoms. The molecular weight excluding hydrogens is 274 g/mol. The smallest absolute Gasteiger partial charge is 0.241 e. The minimum Gasteiger partial charge on any atom is -0.315 e. The van der Waals surface area contributed by atoms with Crippen LogP contribution in [0.25, 0.3) is 0 Å². The maximum Gasteiger partial charge on any atom is 0.241 e. The first kappa shape index (κ1) is 15.0. The molecule has 0 saturated carbocycles. The summed E-state index contributed by atoms with van der Waals surface area (Å²) in [6.07, 6.45) is 0.949. The molecular formula is C14H19N3O2S. The van der Waals surface area contributed by atoms with Crippen LogP contribution >= 0.6 is 0 Å². The zero-order valence-corrected chi connectivity index (χ0v) is 12.5. The van der Waals surface area contributed by atoms with Gasteiger partial charge >= 0.3 is 0 Å². The van der Waals surface area contributed by atoms with Crippen LogP contribution in [0.15, 0.2) is 23.1 Å². The van der Waals surface area contributed by atoms with Crippen LogP contribution in [0.4, 0.5) is 0 Å². The fourth-order valence-electron chi connectivity index (χ4n) is 2.37. The molecule has 0 amide bonds. The van der Waals surface area contributed by atoms with E-state index < -0.39 is 10.0 Å². The van der Waals surface area contributed by atoms with Gasteiger partial charge in [-0.05, 0) is 43.5 Å². The predicted octanol–water partition coefficient (Wildman–Crippen LogP) is 1.14. The van der Waals surface area contributed by atoms with E-state index in [2.05, 4.69) is 10.0 Å². The lowest BCUT2D eigenvalue weighted by atomic mass is 9.96. The summed E-state index contributed by atoms with van der Waals surface area (Å²) in [7, 11) is -3.60. The minimum absolute atomic E-state index is 0.112. The molecule has 0 spiro atoms. The van der Waals surface area contributed by atoms with Crippen molar-refractivity contribution in [3.8, 4) is 6.07 Å². The van der Waals surface area contributed by atoms with E-state index in [9.17, 15) is 8.42 Å². The number of aryl methyl sites for hydroxylation is 1. The highest BCUT2D eigenvalue weighted by Crippen LogP contribution is 2.19. The number of hydrogen-bond acceptors (Lipinski definition) is 4. The van der Waals surface area contributed by atoms with E-state index in [-0.39, 0.29) is 10.9 Å². The van der Waals surface area contributed by atoms with Crippen molar-refractivity contribution in [3.63, 3.8) is 0 Å². The largest absolute Gasteiger partial charge is 0.315 e. The number of benzene rings is 1. The van der Waals surface area contributed by atoms with E-state index in [1.54, 1.807) is 19.1 Å². The van der Waals surface area contributed by atoms with E-state index in [0.29, 0.717) is 23.6 Å². The van der Waals surface area contributed by atoms with Crippen molar-refractivity contribution in [2.24, 2.45) is 5.92 Å². The molecule has 1 aromatic carbocycles. The zero-order valence-electron chi connectivity index (χ0n) is 11.7. The van der Waals surface area contributed by atoms with Crippen molar-refractivity contribution in [1.29, 1.82) is 5.26 Å². The molecule has 1 aliphatic rings. The molecule has 0 radical (unpaired) electrons. The van der Waals surface area contributed by atoms with Gasteiger partial charge in [-0.2, -0.15) is 5.26 Å². The van der Waals surface area contributed by atoms with Gasteiger partial charge in [-0.3, -0.25) is 0 Å². The first-order chi connectivity index (χ1) is 9.44. The SMILES string of the molecule is Cc1ccc(C#N)cc1S(=O)(=O)NC1CNCCC1C. The van der Waals surface area contributed by atoms with Crippen LogP contribution in [0.3, 0.4) is 0 Å². The molecule has 0 aliphatic carbocycles. The average molecular weight is 293 g/mol. The summed E-state index contributed by atoms with van der Waals surface area (Å²) in [5, 5.41) is 12.1. The molecule has 108 valence electrons. The van der Waals surface area contributed by atoms with Crippen LogP contribution in [-0.4, -0.2) is 27.5 Å². The summed E-state index contributed by atoms with van der Waals surface area (Å²) in [4.78, 5) is 0.189. The van der Waals surface area contributed by atoms with Gasteiger partial charge in [0.25, 0.3) is 0 Å². The fraction of sp³-hybridized carbons (Fsp3) is 0.500. The molecule has 1 aliphatic heterocycles. The lowest BCUT2D eigenvalue weighted by Gasteiger charge is -2.30. The van der Waals surface area contributed by atoms with Crippen LogP contribution in [0.5, 0.6) is 0 Å². The predicted molar refractivity (Wildman–Crippen MR) is 76.7 cm³/mol.